The number of primary amides is 1. The van der Waals surface area contributed by atoms with Crippen molar-refractivity contribution in [3.8, 4) is 0 Å². The number of halogens is 1. The van der Waals surface area contributed by atoms with E-state index >= 15 is 0 Å². The fourth-order valence-electron chi connectivity index (χ4n) is 1.29. The molecule has 0 radical (unpaired) electrons. The van der Waals surface area contributed by atoms with Gasteiger partial charge in [0.15, 0.2) is 0 Å². The van der Waals surface area contributed by atoms with E-state index in [1.165, 1.54) is 0 Å². The maximum atomic E-state index is 11.2. The Balaban J connectivity index is 2.83. The Labute approximate surface area is 100 Å². The number of aliphatic hydroxyl groups excluding tert-OH is 1. The number of nitrogens with two attached hydrogens (primary N) is 1. The van der Waals surface area contributed by atoms with Crippen molar-refractivity contribution in [2.45, 2.75) is 26.4 Å². The van der Waals surface area contributed by atoms with E-state index in [1.54, 1.807) is 19.9 Å². The van der Waals surface area contributed by atoms with Crippen molar-refractivity contribution in [1.29, 1.82) is 0 Å². The number of amides is 1. The topological polar surface area (TPSA) is 63.3 Å². The number of aliphatic hydroxyl groups is 1. The molecule has 1 rings (SSSR count). The van der Waals surface area contributed by atoms with E-state index in [0.29, 0.717) is 11.4 Å². The van der Waals surface area contributed by atoms with E-state index in [0.717, 1.165) is 5.56 Å². The van der Waals surface area contributed by atoms with Gasteiger partial charge >= 0.3 is 0 Å². The lowest BCUT2D eigenvalue weighted by Gasteiger charge is -2.27. The van der Waals surface area contributed by atoms with Crippen molar-refractivity contribution >= 4 is 17.5 Å². The van der Waals surface area contributed by atoms with Crippen LogP contribution in [0.3, 0.4) is 0 Å². The van der Waals surface area contributed by atoms with E-state index < -0.39 is 17.4 Å². The van der Waals surface area contributed by atoms with Crippen LogP contribution in [0.2, 0.25) is 5.02 Å². The van der Waals surface area contributed by atoms with E-state index in [2.05, 4.69) is 0 Å². The monoisotopic (exact) mass is 241 g/mol. The molecule has 0 saturated carbocycles. The molecule has 0 aromatic heterocycles. The van der Waals surface area contributed by atoms with Crippen molar-refractivity contribution in [3.05, 3.63) is 34.9 Å². The molecule has 1 amide bonds. The average Bonchev–Trinajstić information content (AvgIpc) is 2.21. The molecule has 1 unspecified atom stereocenters. The normalized spacial score (nSPS) is 13.5. The third kappa shape index (κ3) is 2.74. The largest absolute Gasteiger partial charge is 0.392 e. The molecule has 0 fully saturated rings. The molecule has 3 N–H and O–H groups in total. The summed E-state index contributed by atoms with van der Waals surface area (Å²) in [4.78, 5) is 11.2. The van der Waals surface area contributed by atoms with Gasteiger partial charge in [0.1, 0.15) is 0 Å². The summed E-state index contributed by atoms with van der Waals surface area (Å²) in [7, 11) is 0. The van der Waals surface area contributed by atoms with E-state index in [-0.39, 0.29) is 0 Å². The first-order chi connectivity index (χ1) is 7.35. The Kier molecular flexibility index (Phi) is 3.94. The van der Waals surface area contributed by atoms with Gasteiger partial charge in [-0.05, 0) is 25.5 Å². The van der Waals surface area contributed by atoms with E-state index in [1.807, 2.05) is 18.2 Å². The van der Waals surface area contributed by atoms with Crippen LogP contribution in [-0.2, 0) is 11.2 Å². The third-order valence-corrected chi connectivity index (χ3v) is 3.21. The summed E-state index contributed by atoms with van der Waals surface area (Å²) >= 11 is 5.97. The van der Waals surface area contributed by atoms with Crippen molar-refractivity contribution in [3.63, 3.8) is 0 Å². The molecule has 3 nitrogen and oxygen atoms in total. The van der Waals surface area contributed by atoms with Gasteiger partial charge in [0.2, 0.25) is 5.91 Å². The van der Waals surface area contributed by atoms with Crippen molar-refractivity contribution in [2.24, 2.45) is 11.1 Å². The molecule has 0 bridgehead atoms. The number of hydrogen-bond donors (Lipinski definition) is 2. The lowest BCUT2D eigenvalue weighted by Crippen LogP contribution is -2.42. The Morgan fingerprint density at radius 1 is 1.50 bits per heavy atom. The van der Waals surface area contributed by atoms with Crippen molar-refractivity contribution in [1.82, 2.24) is 0 Å². The Hall–Kier alpha value is -1.06. The zero-order valence-corrected chi connectivity index (χ0v) is 10.2. The first kappa shape index (κ1) is 13.0. The van der Waals surface area contributed by atoms with Crippen LogP contribution >= 0.6 is 11.6 Å². The van der Waals surface area contributed by atoms with Crippen LogP contribution in [0.1, 0.15) is 19.4 Å². The van der Waals surface area contributed by atoms with Crippen LogP contribution < -0.4 is 5.73 Å². The number of rotatable bonds is 4. The molecule has 1 aromatic carbocycles. The summed E-state index contributed by atoms with van der Waals surface area (Å²) in [5, 5.41) is 10.6. The van der Waals surface area contributed by atoms with Gasteiger partial charge in [0.05, 0.1) is 11.5 Å². The van der Waals surface area contributed by atoms with Crippen LogP contribution in [0.4, 0.5) is 0 Å². The summed E-state index contributed by atoms with van der Waals surface area (Å²) in [6.45, 7) is 3.24. The predicted octanol–water partition coefficient (Wildman–Crippen LogP) is 1.75. The van der Waals surface area contributed by atoms with Gasteiger partial charge in [-0.1, -0.05) is 29.8 Å². The quantitative estimate of drug-likeness (QED) is 0.844. The lowest BCUT2D eigenvalue weighted by molar-refractivity contribution is -0.131. The molecule has 0 saturated heterocycles. The maximum Gasteiger partial charge on any atom is 0.225 e. The number of hydrogen-bond acceptors (Lipinski definition) is 2. The number of carbonyl (C=O) groups excluding carboxylic acids is 1. The molecule has 0 spiro atoms. The summed E-state index contributed by atoms with van der Waals surface area (Å²) in [5.74, 6) is -0.521. The van der Waals surface area contributed by atoms with Crippen molar-refractivity contribution in [2.75, 3.05) is 0 Å². The molecular weight excluding hydrogens is 226 g/mol. The molecule has 88 valence electrons. The Morgan fingerprint density at radius 2 is 2.06 bits per heavy atom. The fourth-order valence-corrected chi connectivity index (χ4v) is 1.50. The summed E-state index contributed by atoms with van der Waals surface area (Å²) in [6.07, 6.45) is -0.528. The van der Waals surface area contributed by atoms with Gasteiger partial charge in [-0.3, -0.25) is 4.79 Å². The highest BCUT2D eigenvalue weighted by atomic mass is 35.5. The minimum absolute atomic E-state index is 0.315. The first-order valence-electron chi connectivity index (χ1n) is 5.07. The second-order valence-electron chi connectivity index (χ2n) is 4.40. The van der Waals surface area contributed by atoms with E-state index in [4.69, 9.17) is 17.3 Å². The number of benzene rings is 1. The highest BCUT2D eigenvalue weighted by Crippen LogP contribution is 2.25. The van der Waals surface area contributed by atoms with Gasteiger partial charge in [-0.2, -0.15) is 0 Å². The van der Waals surface area contributed by atoms with Gasteiger partial charge in [0, 0.05) is 11.4 Å². The van der Waals surface area contributed by atoms with Gasteiger partial charge in [-0.15, -0.1) is 0 Å². The van der Waals surface area contributed by atoms with Gasteiger partial charge < -0.3 is 10.8 Å². The minimum atomic E-state index is -0.959. The van der Waals surface area contributed by atoms with Gasteiger partial charge in [-0.25, -0.2) is 0 Å². The van der Waals surface area contributed by atoms with E-state index in [9.17, 15) is 9.90 Å². The van der Waals surface area contributed by atoms with Gasteiger partial charge in [0.25, 0.3) is 0 Å². The average molecular weight is 242 g/mol. The fraction of sp³-hybridized carbons (Fsp3) is 0.417. The highest BCUT2D eigenvalue weighted by molar-refractivity contribution is 6.31. The second kappa shape index (κ2) is 4.85. The SMILES string of the molecule is CC(C)(C(N)=O)C(O)Cc1ccccc1Cl. The van der Waals surface area contributed by atoms with Crippen LogP contribution in [0.25, 0.3) is 0 Å². The molecule has 0 aliphatic heterocycles. The molecule has 1 aromatic rings. The lowest BCUT2D eigenvalue weighted by atomic mass is 9.82. The zero-order chi connectivity index (χ0) is 12.3. The maximum absolute atomic E-state index is 11.2. The molecule has 1 atom stereocenters. The van der Waals surface area contributed by atoms with Crippen LogP contribution in [-0.4, -0.2) is 17.1 Å². The molecule has 16 heavy (non-hydrogen) atoms. The predicted molar refractivity (Wildman–Crippen MR) is 64.1 cm³/mol. The molecule has 0 heterocycles. The Bertz CT molecular complexity index is 390. The first-order valence-corrected chi connectivity index (χ1v) is 5.45. The Morgan fingerprint density at radius 3 is 2.56 bits per heavy atom. The molecule has 0 aliphatic rings. The third-order valence-electron chi connectivity index (χ3n) is 2.84. The second-order valence-corrected chi connectivity index (χ2v) is 4.80. The molecule has 0 aliphatic carbocycles. The minimum Gasteiger partial charge on any atom is -0.392 e. The van der Waals surface area contributed by atoms with Crippen LogP contribution in [0.15, 0.2) is 24.3 Å². The summed E-state index contributed by atoms with van der Waals surface area (Å²) < 4.78 is 0. The van der Waals surface area contributed by atoms with Crippen LogP contribution in [0.5, 0.6) is 0 Å². The summed E-state index contributed by atoms with van der Waals surface area (Å²) in [5.41, 5.74) is 5.08. The highest BCUT2D eigenvalue weighted by Gasteiger charge is 2.34. The zero-order valence-electron chi connectivity index (χ0n) is 9.40. The standard InChI is InChI=1S/C12H16ClNO2/c1-12(2,11(14)16)10(15)7-8-5-3-4-6-9(8)13/h3-6,10,15H,7H2,1-2H3,(H2,14,16). The van der Waals surface area contributed by atoms with Crippen molar-refractivity contribution < 1.29 is 9.90 Å². The molecule has 4 heteroatoms. The summed E-state index contributed by atoms with van der Waals surface area (Å²) in [6, 6.07) is 7.23. The smallest absolute Gasteiger partial charge is 0.225 e. The van der Waals surface area contributed by atoms with Crippen LogP contribution in [0, 0.1) is 5.41 Å². The molecular formula is C12H16ClNO2. The number of carbonyl (C=O) groups is 1.